The van der Waals surface area contributed by atoms with Crippen LogP contribution in [0.1, 0.15) is 0 Å². The molecule has 0 aromatic carbocycles. The Bertz CT molecular complexity index is 349. The van der Waals surface area contributed by atoms with Crippen LogP contribution in [0.15, 0.2) is 51.1 Å². The normalized spacial score (nSPS) is 50.6. The molecule has 112 valence electrons. The first-order valence-corrected chi connectivity index (χ1v) is 12.0. The lowest BCUT2D eigenvalue weighted by molar-refractivity contribution is -0.856. The zero-order chi connectivity index (χ0) is 15.7. The van der Waals surface area contributed by atoms with Crippen molar-refractivity contribution in [3.8, 4) is 0 Å². The minimum Gasteiger partial charge on any atom is -0.336 e. The minimum atomic E-state index is -0.412. The average molecular weight is 345 g/mol. The van der Waals surface area contributed by atoms with Crippen LogP contribution in [0.25, 0.3) is 0 Å². The highest BCUT2D eigenvalue weighted by atomic mass is 28.4. The van der Waals surface area contributed by atoms with Gasteiger partial charge in [0, 0.05) is 28.2 Å². The lowest BCUT2D eigenvalue weighted by Gasteiger charge is -2.50. The molecule has 8 heteroatoms. The molecule has 0 unspecified atom stereocenters. The van der Waals surface area contributed by atoms with E-state index < -0.39 is 39.4 Å². The molecular formula is C12H32N4Si4+4. The summed E-state index contributed by atoms with van der Waals surface area (Å²) in [5.41, 5.74) is 0. The van der Waals surface area contributed by atoms with Crippen molar-refractivity contribution in [1.82, 2.24) is 0 Å². The molecule has 0 aromatic heterocycles. The minimum absolute atomic E-state index is 0.412. The zero-order valence-corrected chi connectivity index (χ0v) is 19.4. The Labute approximate surface area is 134 Å². The Morgan fingerprint density at radius 1 is 0.500 bits per heavy atom. The third-order valence-corrected chi connectivity index (χ3v) is 16.4. The highest BCUT2D eigenvalue weighted by Gasteiger charge is 2.51. The largest absolute Gasteiger partial charge is 0.475 e. The number of hydrogen-bond acceptors (Lipinski definition) is 0. The Morgan fingerprint density at radius 3 is 0.750 bits per heavy atom. The Hall–Kier alpha value is -0.332. The maximum absolute atomic E-state index is 4.14. The van der Waals surface area contributed by atoms with Gasteiger partial charge in [-0.15, -0.1) is 0 Å². The number of quaternary nitrogens is 4. The number of rotatable bonds is 4. The molecule has 0 radical (unpaired) electrons. The van der Waals surface area contributed by atoms with Crippen LogP contribution >= 0.6 is 0 Å². The second-order valence-electron chi connectivity index (χ2n) is 7.21. The smallest absolute Gasteiger partial charge is 0.336 e. The fraction of sp³-hybridized carbons (Fsp3) is 0.333. The summed E-state index contributed by atoms with van der Waals surface area (Å²) in [6, 6.07) is 0. The fourth-order valence-electron chi connectivity index (χ4n) is 3.59. The van der Waals surface area contributed by atoms with E-state index in [9.17, 15) is 0 Å². The van der Waals surface area contributed by atoms with Crippen molar-refractivity contribution >= 4 is 39.4 Å². The van der Waals surface area contributed by atoms with Gasteiger partial charge < -0.3 is 15.3 Å². The van der Waals surface area contributed by atoms with Gasteiger partial charge in [-0.1, -0.05) is 0 Å². The quantitative estimate of drug-likeness (QED) is 0.537. The molecule has 0 saturated carbocycles. The van der Waals surface area contributed by atoms with Gasteiger partial charge in [0.05, 0.1) is 24.8 Å². The molecule has 1 saturated heterocycles. The summed E-state index contributed by atoms with van der Waals surface area (Å²) in [5, 5.41) is 0. The van der Waals surface area contributed by atoms with E-state index in [0.29, 0.717) is 0 Å². The highest BCUT2D eigenvalue weighted by molar-refractivity contribution is 6.48. The summed E-state index contributed by atoms with van der Waals surface area (Å²) in [6.45, 7) is 16.6. The van der Waals surface area contributed by atoms with Crippen molar-refractivity contribution in [2.24, 2.45) is 0 Å². The SMILES string of the molecule is C=C[N+]1(C)[SiH2][N+](C)(C=C)[SiH2][N+](C)(C=C)[SiH2][N+](C)(C=C)[SiH2]1. The van der Waals surface area contributed by atoms with Gasteiger partial charge in [-0.3, -0.25) is 0 Å². The van der Waals surface area contributed by atoms with Crippen molar-refractivity contribution in [2.45, 2.75) is 0 Å². The summed E-state index contributed by atoms with van der Waals surface area (Å²) in [5.74, 6) is 0. The predicted octanol–water partition coefficient (Wildman–Crippen LogP) is -1.64. The fourth-order valence-corrected chi connectivity index (χ4v) is 26.2. The molecule has 1 aliphatic heterocycles. The standard InChI is InChI=1S/C12H32N4Si4/c1-9-13(5)17-14(6,10-2)19-16(8,12-4)20-15(7,11-3)18-13/h9-12H,1-4,17-20H2,5-8H3/q+4. The topological polar surface area (TPSA) is 0 Å². The van der Waals surface area contributed by atoms with Gasteiger partial charge >= 0.3 is 39.4 Å². The van der Waals surface area contributed by atoms with Crippen LogP contribution in [-0.2, 0) is 0 Å². The number of nitrogens with zero attached hydrogens (tertiary/aromatic N) is 4. The second kappa shape index (κ2) is 5.81. The predicted molar refractivity (Wildman–Crippen MR) is 99.7 cm³/mol. The van der Waals surface area contributed by atoms with E-state index in [0.717, 1.165) is 15.3 Å². The van der Waals surface area contributed by atoms with Crippen molar-refractivity contribution in [3.63, 3.8) is 0 Å². The summed E-state index contributed by atoms with van der Waals surface area (Å²) < 4.78 is 4.51. The molecule has 1 heterocycles. The average Bonchev–Trinajstić information content (AvgIpc) is 2.36. The molecule has 0 aliphatic carbocycles. The highest BCUT2D eigenvalue weighted by Crippen LogP contribution is 2.20. The second-order valence-corrected chi connectivity index (χ2v) is 23.5. The van der Waals surface area contributed by atoms with Crippen LogP contribution in [0.4, 0.5) is 0 Å². The maximum Gasteiger partial charge on any atom is 0.475 e. The van der Waals surface area contributed by atoms with Crippen LogP contribution < -0.4 is 0 Å². The Kier molecular flexibility index (Phi) is 5.15. The van der Waals surface area contributed by atoms with Gasteiger partial charge in [-0.2, -0.15) is 0 Å². The van der Waals surface area contributed by atoms with Crippen LogP contribution in [0.2, 0.25) is 0 Å². The van der Waals surface area contributed by atoms with Gasteiger partial charge in [0.1, 0.15) is 0 Å². The Morgan fingerprint density at radius 2 is 0.650 bits per heavy atom. The van der Waals surface area contributed by atoms with E-state index in [1.807, 2.05) is 0 Å². The lowest BCUT2D eigenvalue weighted by atomic mass is 11.0. The van der Waals surface area contributed by atoms with Crippen molar-refractivity contribution in [3.05, 3.63) is 51.1 Å². The Balaban J connectivity index is 3.31. The van der Waals surface area contributed by atoms with E-state index in [2.05, 4.69) is 79.3 Å². The van der Waals surface area contributed by atoms with E-state index >= 15 is 0 Å². The molecule has 1 rings (SSSR count). The van der Waals surface area contributed by atoms with Crippen LogP contribution in [0.3, 0.4) is 0 Å². The van der Waals surface area contributed by atoms with Gasteiger partial charge in [-0.25, -0.2) is 0 Å². The first kappa shape index (κ1) is 17.7. The van der Waals surface area contributed by atoms with E-state index in [1.165, 1.54) is 0 Å². The first-order valence-electron chi connectivity index (χ1n) is 6.98. The third kappa shape index (κ3) is 3.86. The van der Waals surface area contributed by atoms with Crippen LogP contribution in [0, 0.1) is 0 Å². The molecule has 0 amide bonds. The summed E-state index contributed by atoms with van der Waals surface area (Å²) in [4.78, 5) is 0. The summed E-state index contributed by atoms with van der Waals surface area (Å²) in [6.07, 6.45) is 8.80. The monoisotopic (exact) mass is 344 g/mol. The molecule has 1 fully saturated rings. The van der Waals surface area contributed by atoms with Gasteiger partial charge in [0.15, 0.2) is 0 Å². The zero-order valence-electron chi connectivity index (χ0n) is 13.8. The van der Waals surface area contributed by atoms with E-state index in [1.54, 1.807) is 0 Å². The van der Waals surface area contributed by atoms with Gasteiger partial charge in [0.25, 0.3) is 0 Å². The lowest BCUT2D eigenvalue weighted by Crippen LogP contribution is -2.77. The van der Waals surface area contributed by atoms with Crippen molar-refractivity contribution in [1.29, 1.82) is 0 Å². The van der Waals surface area contributed by atoms with Crippen molar-refractivity contribution < 1.29 is 15.3 Å². The molecule has 0 aromatic rings. The maximum atomic E-state index is 4.14. The first-order chi connectivity index (χ1) is 9.07. The van der Waals surface area contributed by atoms with Gasteiger partial charge in [-0.05, 0) is 26.3 Å². The molecule has 0 spiro atoms. The molecule has 0 bridgehead atoms. The van der Waals surface area contributed by atoms with E-state index in [4.69, 9.17) is 0 Å². The number of hydrogen-bond donors (Lipinski definition) is 0. The molecule has 4 nitrogen and oxygen atoms in total. The summed E-state index contributed by atoms with van der Waals surface area (Å²) in [7, 11) is 7.90. The third-order valence-electron chi connectivity index (χ3n) is 4.35. The molecule has 0 atom stereocenters. The van der Waals surface area contributed by atoms with Gasteiger partial charge in [0.2, 0.25) is 0 Å². The van der Waals surface area contributed by atoms with Crippen molar-refractivity contribution in [2.75, 3.05) is 28.2 Å². The molecular weight excluding hydrogens is 313 g/mol. The van der Waals surface area contributed by atoms with Crippen LogP contribution in [-0.4, -0.2) is 82.8 Å². The molecule has 1 aliphatic rings. The summed E-state index contributed by atoms with van der Waals surface area (Å²) >= 11 is 0. The van der Waals surface area contributed by atoms with Crippen LogP contribution in [0.5, 0.6) is 0 Å². The molecule has 0 N–H and O–H groups in total. The van der Waals surface area contributed by atoms with E-state index in [-0.39, 0.29) is 0 Å². The molecule has 20 heavy (non-hydrogen) atoms.